The Balaban J connectivity index is 4.65. The monoisotopic (exact) mass is 288 g/mol. The van der Waals surface area contributed by atoms with Crippen LogP contribution in [0, 0.1) is 11.3 Å². The van der Waals surface area contributed by atoms with E-state index in [2.05, 4.69) is 60.4 Å². The number of hydrogen-bond donors (Lipinski definition) is 0. The SMILES string of the molecule is CCCCC(C[Si](C)(C)O[Si](C)(C)C)C(C)(C)C. The third-order valence-electron chi connectivity index (χ3n) is 3.45. The molecule has 0 N–H and O–H groups in total. The van der Waals surface area contributed by atoms with E-state index in [0.29, 0.717) is 5.41 Å². The molecule has 3 heteroatoms. The van der Waals surface area contributed by atoms with Gasteiger partial charge in [0.1, 0.15) is 0 Å². The number of hydrogen-bond acceptors (Lipinski definition) is 1. The van der Waals surface area contributed by atoms with Crippen LogP contribution in [0.3, 0.4) is 0 Å². The van der Waals surface area contributed by atoms with Gasteiger partial charge in [0.15, 0.2) is 16.6 Å². The average Bonchev–Trinajstić information content (AvgIpc) is 2.05. The summed E-state index contributed by atoms with van der Waals surface area (Å²) in [6, 6.07) is 1.32. The van der Waals surface area contributed by atoms with Gasteiger partial charge in [0, 0.05) is 0 Å². The second kappa shape index (κ2) is 6.71. The van der Waals surface area contributed by atoms with Gasteiger partial charge in [-0.3, -0.25) is 0 Å². The van der Waals surface area contributed by atoms with E-state index in [9.17, 15) is 0 Å². The molecule has 1 atom stereocenters. The molecule has 0 fully saturated rings. The summed E-state index contributed by atoms with van der Waals surface area (Å²) < 4.78 is 6.51. The fourth-order valence-electron chi connectivity index (χ4n) is 2.76. The Morgan fingerprint density at radius 1 is 1.00 bits per heavy atom. The molecule has 0 aromatic heterocycles. The molecule has 0 aliphatic rings. The summed E-state index contributed by atoms with van der Waals surface area (Å²) >= 11 is 0. The van der Waals surface area contributed by atoms with Crippen LogP contribution in [0.4, 0.5) is 0 Å². The standard InChI is InChI=1S/C15H36OSi2/c1-10-11-12-14(15(2,3)4)13-18(8,9)16-17(5,6)7/h14H,10-13H2,1-9H3. The molecule has 0 spiro atoms. The van der Waals surface area contributed by atoms with E-state index in [1.54, 1.807) is 0 Å². The fraction of sp³-hybridized carbons (Fsp3) is 1.00. The van der Waals surface area contributed by atoms with Crippen molar-refractivity contribution in [1.82, 2.24) is 0 Å². The van der Waals surface area contributed by atoms with E-state index in [0.717, 1.165) is 5.92 Å². The van der Waals surface area contributed by atoms with E-state index in [4.69, 9.17) is 4.12 Å². The molecule has 0 bridgehead atoms. The maximum Gasteiger partial charge on any atom is 0.173 e. The quantitative estimate of drug-likeness (QED) is 0.530. The Hall–Kier alpha value is 0.394. The maximum absolute atomic E-state index is 6.51. The van der Waals surface area contributed by atoms with Gasteiger partial charge in [-0.2, -0.15) is 0 Å². The smallest absolute Gasteiger partial charge is 0.173 e. The lowest BCUT2D eigenvalue weighted by molar-refractivity contribution is 0.235. The van der Waals surface area contributed by atoms with Gasteiger partial charge < -0.3 is 4.12 Å². The Labute approximate surface area is 118 Å². The van der Waals surface area contributed by atoms with Crippen molar-refractivity contribution in [2.75, 3.05) is 0 Å². The highest BCUT2D eigenvalue weighted by atomic mass is 28.4. The van der Waals surface area contributed by atoms with Crippen LogP contribution in [0.5, 0.6) is 0 Å². The molecule has 0 amide bonds. The van der Waals surface area contributed by atoms with Crippen molar-refractivity contribution in [1.29, 1.82) is 0 Å². The minimum absolute atomic E-state index is 0.419. The molecule has 0 rings (SSSR count). The second-order valence-electron chi connectivity index (χ2n) is 8.38. The van der Waals surface area contributed by atoms with Crippen molar-refractivity contribution in [3.8, 4) is 0 Å². The summed E-state index contributed by atoms with van der Waals surface area (Å²) in [6.07, 6.45) is 4.04. The van der Waals surface area contributed by atoms with Gasteiger partial charge in [-0.15, -0.1) is 0 Å². The molecule has 1 nitrogen and oxygen atoms in total. The average molecular weight is 289 g/mol. The Morgan fingerprint density at radius 2 is 1.50 bits per heavy atom. The molecule has 0 aromatic carbocycles. The molecule has 0 saturated heterocycles. The summed E-state index contributed by atoms with van der Waals surface area (Å²) in [5.41, 5.74) is 0.419. The zero-order chi connectivity index (χ0) is 14.6. The Morgan fingerprint density at radius 3 is 1.83 bits per heavy atom. The highest BCUT2D eigenvalue weighted by molar-refractivity contribution is 6.84. The van der Waals surface area contributed by atoms with Gasteiger partial charge in [0.05, 0.1) is 0 Å². The third kappa shape index (κ3) is 8.49. The van der Waals surface area contributed by atoms with Crippen molar-refractivity contribution in [3.63, 3.8) is 0 Å². The summed E-state index contributed by atoms with van der Waals surface area (Å²) in [4.78, 5) is 0. The molecule has 0 saturated carbocycles. The van der Waals surface area contributed by atoms with Crippen LogP contribution >= 0.6 is 0 Å². The zero-order valence-corrected chi connectivity index (χ0v) is 16.3. The molecule has 0 aromatic rings. The van der Waals surface area contributed by atoms with Crippen LogP contribution in [0.1, 0.15) is 47.0 Å². The van der Waals surface area contributed by atoms with Crippen molar-refractivity contribution in [2.24, 2.45) is 11.3 Å². The first-order chi connectivity index (χ1) is 7.87. The lowest BCUT2D eigenvalue weighted by Crippen LogP contribution is -2.44. The van der Waals surface area contributed by atoms with Crippen molar-refractivity contribution >= 4 is 16.6 Å². The fourth-order valence-corrected chi connectivity index (χ4v) is 11.7. The van der Waals surface area contributed by atoms with Gasteiger partial charge in [-0.25, -0.2) is 0 Å². The highest BCUT2D eigenvalue weighted by Gasteiger charge is 2.35. The van der Waals surface area contributed by atoms with Crippen molar-refractivity contribution in [2.45, 2.75) is 85.7 Å². The summed E-state index contributed by atoms with van der Waals surface area (Å²) in [6.45, 7) is 21.3. The van der Waals surface area contributed by atoms with Crippen LogP contribution in [-0.4, -0.2) is 16.6 Å². The molecule has 18 heavy (non-hydrogen) atoms. The van der Waals surface area contributed by atoms with Crippen molar-refractivity contribution in [3.05, 3.63) is 0 Å². The van der Waals surface area contributed by atoms with Gasteiger partial charge in [0.25, 0.3) is 0 Å². The van der Waals surface area contributed by atoms with E-state index < -0.39 is 16.6 Å². The minimum atomic E-state index is -1.50. The van der Waals surface area contributed by atoms with Gasteiger partial charge in [-0.1, -0.05) is 47.0 Å². The molecule has 1 unspecified atom stereocenters. The minimum Gasteiger partial charge on any atom is -0.456 e. The van der Waals surface area contributed by atoms with Crippen LogP contribution in [0.15, 0.2) is 0 Å². The first-order valence-corrected chi connectivity index (χ1v) is 14.1. The summed E-state index contributed by atoms with van der Waals surface area (Å²) in [5.74, 6) is 0.815. The van der Waals surface area contributed by atoms with Gasteiger partial charge in [-0.05, 0) is 50.1 Å². The summed E-state index contributed by atoms with van der Waals surface area (Å²) in [7, 11) is -2.89. The largest absolute Gasteiger partial charge is 0.456 e. The normalized spacial score (nSPS) is 15.8. The summed E-state index contributed by atoms with van der Waals surface area (Å²) in [5, 5.41) is 0. The third-order valence-corrected chi connectivity index (χ3v) is 9.59. The molecule has 0 aliphatic heterocycles. The van der Waals surface area contributed by atoms with Crippen LogP contribution < -0.4 is 0 Å². The Kier molecular flexibility index (Phi) is 6.86. The van der Waals surface area contributed by atoms with Crippen LogP contribution in [0.25, 0.3) is 0 Å². The first-order valence-electron chi connectivity index (χ1n) is 7.57. The predicted octanol–water partition coefficient (Wildman–Crippen LogP) is 5.90. The highest BCUT2D eigenvalue weighted by Crippen LogP contribution is 2.37. The first kappa shape index (κ1) is 18.4. The van der Waals surface area contributed by atoms with Crippen LogP contribution in [-0.2, 0) is 4.12 Å². The van der Waals surface area contributed by atoms with Crippen LogP contribution in [0.2, 0.25) is 38.8 Å². The molecule has 110 valence electrons. The molecular weight excluding hydrogens is 252 g/mol. The lowest BCUT2D eigenvalue weighted by Gasteiger charge is -2.39. The maximum atomic E-state index is 6.51. The van der Waals surface area contributed by atoms with Gasteiger partial charge >= 0.3 is 0 Å². The van der Waals surface area contributed by atoms with Crippen molar-refractivity contribution < 1.29 is 4.12 Å². The molecule has 0 radical (unpaired) electrons. The number of rotatable bonds is 7. The van der Waals surface area contributed by atoms with E-state index in [1.165, 1.54) is 25.3 Å². The van der Waals surface area contributed by atoms with E-state index >= 15 is 0 Å². The molecular formula is C15H36OSi2. The Bertz CT molecular complexity index is 236. The topological polar surface area (TPSA) is 9.23 Å². The second-order valence-corrected chi connectivity index (χ2v) is 17.4. The zero-order valence-electron chi connectivity index (χ0n) is 14.3. The number of unbranched alkanes of at least 4 members (excludes halogenated alkanes) is 1. The predicted molar refractivity (Wildman–Crippen MR) is 89.2 cm³/mol. The molecule has 0 aliphatic carbocycles. The van der Waals surface area contributed by atoms with E-state index in [-0.39, 0.29) is 0 Å². The van der Waals surface area contributed by atoms with Gasteiger partial charge in [0.2, 0.25) is 0 Å². The van der Waals surface area contributed by atoms with E-state index in [1.807, 2.05) is 0 Å². The molecule has 0 heterocycles. The lowest BCUT2D eigenvalue weighted by atomic mass is 9.79.